The van der Waals surface area contributed by atoms with Crippen molar-refractivity contribution in [1.82, 2.24) is 14.9 Å². The zero-order chi connectivity index (χ0) is 17.4. The molecule has 1 atom stereocenters. The van der Waals surface area contributed by atoms with E-state index in [0.717, 1.165) is 29.7 Å². The molecule has 0 saturated heterocycles. The Morgan fingerprint density at radius 1 is 1.52 bits per heavy atom. The average molecular weight is 357 g/mol. The summed E-state index contributed by atoms with van der Waals surface area (Å²) in [6, 6.07) is 3.56. The van der Waals surface area contributed by atoms with Crippen LogP contribution in [0.2, 0.25) is 0 Å². The van der Waals surface area contributed by atoms with Gasteiger partial charge in [0.05, 0.1) is 24.5 Å². The number of amides is 1. The molecule has 0 aromatic carbocycles. The summed E-state index contributed by atoms with van der Waals surface area (Å²) >= 11 is 1.62. The van der Waals surface area contributed by atoms with E-state index in [0.29, 0.717) is 23.6 Å². The van der Waals surface area contributed by atoms with E-state index in [9.17, 15) is 9.59 Å². The van der Waals surface area contributed by atoms with Gasteiger partial charge in [-0.2, -0.15) is 0 Å². The van der Waals surface area contributed by atoms with Gasteiger partial charge in [0.25, 0.3) is 5.56 Å². The summed E-state index contributed by atoms with van der Waals surface area (Å²) in [5, 5.41) is 3.46. The molecule has 130 valence electrons. The van der Waals surface area contributed by atoms with Gasteiger partial charge in [-0.05, 0) is 42.9 Å². The fraction of sp³-hybridized carbons (Fsp3) is 0.389. The number of rotatable bonds is 4. The van der Waals surface area contributed by atoms with E-state index < -0.39 is 0 Å². The summed E-state index contributed by atoms with van der Waals surface area (Å²) in [4.78, 5) is 31.5. The maximum atomic E-state index is 12.8. The highest BCUT2D eigenvalue weighted by atomic mass is 32.1. The summed E-state index contributed by atoms with van der Waals surface area (Å²) in [6.07, 6.45) is 6.06. The van der Waals surface area contributed by atoms with Gasteiger partial charge >= 0.3 is 0 Å². The third-order valence-electron chi connectivity index (χ3n) is 4.64. The van der Waals surface area contributed by atoms with Crippen LogP contribution in [0.3, 0.4) is 0 Å². The van der Waals surface area contributed by atoms with Gasteiger partial charge in [0.15, 0.2) is 0 Å². The lowest BCUT2D eigenvalue weighted by atomic mass is 9.89. The molecule has 1 aliphatic rings. The van der Waals surface area contributed by atoms with Crippen LogP contribution in [-0.4, -0.2) is 15.5 Å². The molecule has 3 aromatic rings. The summed E-state index contributed by atoms with van der Waals surface area (Å²) < 4.78 is 6.58. The second kappa shape index (κ2) is 6.48. The largest absolute Gasteiger partial charge is 0.467 e. The predicted octanol–water partition coefficient (Wildman–Crippen LogP) is 2.49. The van der Waals surface area contributed by atoms with E-state index in [1.807, 2.05) is 0 Å². The molecule has 25 heavy (non-hydrogen) atoms. The first kappa shape index (κ1) is 16.1. The molecule has 1 aliphatic carbocycles. The summed E-state index contributed by atoms with van der Waals surface area (Å²) in [6.45, 7) is 2.51. The van der Waals surface area contributed by atoms with E-state index in [-0.39, 0.29) is 18.0 Å². The lowest BCUT2D eigenvalue weighted by Gasteiger charge is -2.17. The minimum atomic E-state index is -0.239. The van der Waals surface area contributed by atoms with Crippen molar-refractivity contribution in [3.8, 4) is 0 Å². The minimum absolute atomic E-state index is 0.0382. The van der Waals surface area contributed by atoms with Crippen molar-refractivity contribution >= 4 is 27.5 Å². The molecule has 0 bridgehead atoms. The standard InChI is InChI=1S/C18H19N3O3S/c1-11-4-5-13-14(7-11)25-17-16(13)18(23)21(10-20-17)9-15(22)19-8-12-3-2-6-24-12/h2-3,6,10-11H,4-5,7-9H2,1H3,(H,19,22)/t11-/m0/s1. The van der Waals surface area contributed by atoms with Crippen LogP contribution in [0, 0.1) is 5.92 Å². The zero-order valence-corrected chi connectivity index (χ0v) is 14.8. The highest BCUT2D eigenvalue weighted by Gasteiger charge is 2.23. The smallest absolute Gasteiger partial charge is 0.262 e. The Bertz CT molecular complexity index is 972. The van der Waals surface area contributed by atoms with Crippen molar-refractivity contribution in [1.29, 1.82) is 0 Å². The second-order valence-electron chi connectivity index (χ2n) is 6.57. The fourth-order valence-electron chi connectivity index (χ4n) is 3.29. The fourth-order valence-corrected chi connectivity index (χ4v) is 4.63. The van der Waals surface area contributed by atoms with Gasteiger partial charge in [0.2, 0.25) is 5.91 Å². The van der Waals surface area contributed by atoms with Gasteiger partial charge in [-0.25, -0.2) is 4.98 Å². The number of nitrogens with zero attached hydrogens (tertiary/aromatic N) is 2. The number of carbonyl (C=O) groups excluding carboxylic acids is 1. The van der Waals surface area contributed by atoms with Crippen LogP contribution < -0.4 is 10.9 Å². The Morgan fingerprint density at radius 3 is 3.20 bits per heavy atom. The third kappa shape index (κ3) is 3.11. The highest BCUT2D eigenvalue weighted by Crippen LogP contribution is 2.35. The molecular weight excluding hydrogens is 338 g/mol. The lowest BCUT2D eigenvalue weighted by molar-refractivity contribution is -0.122. The molecule has 0 radical (unpaired) electrons. The Kier molecular flexibility index (Phi) is 4.17. The van der Waals surface area contributed by atoms with Crippen molar-refractivity contribution in [3.05, 3.63) is 51.3 Å². The van der Waals surface area contributed by atoms with Gasteiger partial charge in [0, 0.05) is 4.88 Å². The molecule has 1 amide bonds. The molecule has 7 heteroatoms. The number of aryl methyl sites for hydroxylation is 1. The van der Waals surface area contributed by atoms with E-state index >= 15 is 0 Å². The van der Waals surface area contributed by atoms with Crippen LogP contribution in [0.5, 0.6) is 0 Å². The Morgan fingerprint density at radius 2 is 2.40 bits per heavy atom. The first-order chi connectivity index (χ1) is 12.1. The molecule has 6 nitrogen and oxygen atoms in total. The van der Waals surface area contributed by atoms with E-state index in [4.69, 9.17) is 4.42 Å². The number of fused-ring (bicyclic) bond motifs is 3. The normalized spacial score (nSPS) is 16.8. The van der Waals surface area contributed by atoms with Crippen LogP contribution in [0.25, 0.3) is 10.2 Å². The molecule has 0 unspecified atom stereocenters. The number of nitrogens with one attached hydrogen (secondary N) is 1. The number of carbonyl (C=O) groups is 1. The van der Waals surface area contributed by atoms with E-state index in [1.54, 1.807) is 29.7 Å². The third-order valence-corrected chi connectivity index (χ3v) is 5.80. The van der Waals surface area contributed by atoms with Gasteiger partial charge in [-0.1, -0.05) is 6.92 Å². The Balaban J connectivity index is 1.57. The molecule has 4 rings (SSSR count). The minimum Gasteiger partial charge on any atom is -0.467 e. The van der Waals surface area contributed by atoms with Gasteiger partial charge < -0.3 is 9.73 Å². The number of thiophene rings is 1. The van der Waals surface area contributed by atoms with Crippen LogP contribution in [0.4, 0.5) is 0 Å². The number of furan rings is 1. The molecule has 3 aromatic heterocycles. The first-order valence-corrected chi connectivity index (χ1v) is 9.22. The van der Waals surface area contributed by atoms with Crippen LogP contribution >= 0.6 is 11.3 Å². The van der Waals surface area contributed by atoms with Crippen LogP contribution in [0.1, 0.15) is 29.5 Å². The quantitative estimate of drug-likeness (QED) is 0.778. The Labute approximate surface area is 148 Å². The van der Waals surface area contributed by atoms with E-state index in [2.05, 4.69) is 17.2 Å². The van der Waals surface area contributed by atoms with Gasteiger partial charge in [-0.15, -0.1) is 11.3 Å². The summed E-state index contributed by atoms with van der Waals surface area (Å²) in [5.41, 5.74) is 1.02. The molecule has 0 spiro atoms. The van der Waals surface area contributed by atoms with Crippen molar-refractivity contribution < 1.29 is 9.21 Å². The highest BCUT2D eigenvalue weighted by molar-refractivity contribution is 7.18. The van der Waals surface area contributed by atoms with Gasteiger partial charge in [0.1, 0.15) is 17.1 Å². The summed E-state index contributed by atoms with van der Waals surface area (Å²) in [7, 11) is 0. The zero-order valence-electron chi connectivity index (χ0n) is 13.9. The molecule has 0 fully saturated rings. The summed E-state index contributed by atoms with van der Waals surface area (Å²) in [5.74, 6) is 1.09. The molecule has 0 aliphatic heterocycles. The Hall–Kier alpha value is -2.41. The molecule has 3 heterocycles. The molecule has 0 saturated carbocycles. The van der Waals surface area contributed by atoms with Crippen molar-refractivity contribution in [2.45, 2.75) is 39.3 Å². The SMILES string of the molecule is C[C@H]1CCc2c(sc3ncn(CC(=O)NCc4ccco4)c(=O)c23)C1. The topological polar surface area (TPSA) is 77.1 Å². The van der Waals surface area contributed by atoms with Crippen LogP contribution in [-0.2, 0) is 30.7 Å². The molecule has 1 N–H and O–H groups in total. The average Bonchev–Trinajstić information content (AvgIpc) is 3.22. The monoisotopic (exact) mass is 357 g/mol. The maximum absolute atomic E-state index is 12.8. The predicted molar refractivity (Wildman–Crippen MR) is 95.6 cm³/mol. The molecular formula is C18H19N3O3S. The van der Waals surface area contributed by atoms with Crippen molar-refractivity contribution in [2.75, 3.05) is 0 Å². The lowest BCUT2D eigenvalue weighted by Crippen LogP contribution is -2.32. The van der Waals surface area contributed by atoms with Crippen molar-refractivity contribution in [3.63, 3.8) is 0 Å². The second-order valence-corrected chi connectivity index (χ2v) is 7.65. The number of hydrogen-bond donors (Lipinski definition) is 1. The maximum Gasteiger partial charge on any atom is 0.262 e. The van der Waals surface area contributed by atoms with Crippen molar-refractivity contribution in [2.24, 2.45) is 5.92 Å². The number of hydrogen-bond acceptors (Lipinski definition) is 5. The first-order valence-electron chi connectivity index (χ1n) is 8.40. The van der Waals surface area contributed by atoms with E-state index in [1.165, 1.54) is 15.8 Å². The number of aromatic nitrogens is 2. The van der Waals surface area contributed by atoms with Gasteiger partial charge in [-0.3, -0.25) is 14.2 Å². The van der Waals surface area contributed by atoms with Crippen LogP contribution in [0.15, 0.2) is 33.9 Å².